The van der Waals surface area contributed by atoms with Crippen LogP contribution in [-0.4, -0.2) is 4.57 Å². The largest absolute Gasteiger partial charge is 0.343 e. The van der Waals surface area contributed by atoms with Gasteiger partial charge in [-0.15, -0.1) is 0 Å². The fraction of sp³-hybridized carbons (Fsp3) is 0.167. The molecule has 1 aromatic heterocycles. The molecule has 0 spiro atoms. The molecule has 0 radical (unpaired) electrons. The van der Waals surface area contributed by atoms with Crippen LogP contribution in [0.5, 0.6) is 0 Å². The first kappa shape index (κ1) is 12.5. The zero-order valence-corrected chi connectivity index (χ0v) is 11.7. The highest BCUT2D eigenvalue weighted by molar-refractivity contribution is 5.81. The van der Waals surface area contributed by atoms with Crippen molar-refractivity contribution in [2.24, 2.45) is 0 Å². The summed E-state index contributed by atoms with van der Waals surface area (Å²) >= 11 is 0. The average molecular weight is 260 g/mol. The second kappa shape index (κ2) is 4.86. The summed E-state index contributed by atoms with van der Waals surface area (Å²) in [5.41, 5.74) is 5.89. The number of benzene rings is 2. The van der Waals surface area contributed by atoms with E-state index >= 15 is 0 Å². The van der Waals surface area contributed by atoms with Crippen LogP contribution in [-0.2, 0) is 6.54 Å². The van der Waals surface area contributed by atoms with Crippen molar-refractivity contribution in [1.82, 2.24) is 4.57 Å². The number of rotatable bonds is 2. The first-order valence-electron chi connectivity index (χ1n) is 6.73. The Balaban J connectivity index is 2.06. The summed E-state index contributed by atoms with van der Waals surface area (Å²) in [5.74, 6) is 0. The van der Waals surface area contributed by atoms with E-state index in [1.54, 1.807) is 0 Å². The van der Waals surface area contributed by atoms with Crippen molar-refractivity contribution in [1.29, 1.82) is 5.26 Å². The quantitative estimate of drug-likeness (QED) is 0.679. The fourth-order valence-corrected chi connectivity index (χ4v) is 2.68. The molecule has 0 saturated carbocycles. The lowest BCUT2D eigenvalue weighted by Gasteiger charge is -2.11. The van der Waals surface area contributed by atoms with Crippen LogP contribution in [0.2, 0.25) is 0 Å². The Bertz CT molecular complexity index is 799. The second-order valence-electron chi connectivity index (χ2n) is 5.20. The van der Waals surface area contributed by atoms with Gasteiger partial charge in [0.2, 0.25) is 0 Å². The molecule has 0 aliphatic heterocycles. The summed E-state index contributed by atoms with van der Waals surface area (Å²) in [6, 6.07) is 16.5. The molecule has 98 valence electrons. The first-order valence-corrected chi connectivity index (χ1v) is 6.73. The maximum absolute atomic E-state index is 8.96. The maximum atomic E-state index is 8.96. The van der Waals surface area contributed by atoms with Gasteiger partial charge in [-0.2, -0.15) is 5.26 Å². The predicted octanol–water partition coefficient (Wildman–Crippen LogP) is 4.18. The highest BCUT2D eigenvalue weighted by Gasteiger charge is 2.06. The summed E-state index contributed by atoms with van der Waals surface area (Å²) in [4.78, 5) is 0. The van der Waals surface area contributed by atoms with Gasteiger partial charge in [0.05, 0.1) is 11.6 Å². The zero-order valence-electron chi connectivity index (χ0n) is 11.7. The van der Waals surface area contributed by atoms with Crippen molar-refractivity contribution in [2.75, 3.05) is 0 Å². The molecule has 0 N–H and O–H groups in total. The molecule has 3 aromatic rings. The van der Waals surface area contributed by atoms with Crippen molar-refractivity contribution >= 4 is 10.9 Å². The maximum Gasteiger partial charge on any atom is 0.0991 e. The molecule has 0 aliphatic rings. The van der Waals surface area contributed by atoms with E-state index < -0.39 is 0 Å². The van der Waals surface area contributed by atoms with E-state index in [1.165, 1.54) is 22.2 Å². The Hall–Kier alpha value is -2.53. The average Bonchev–Trinajstić information content (AvgIpc) is 2.85. The summed E-state index contributed by atoms with van der Waals surface area (Å²) in [7, 11) is 0. The molecule has 0 aliphatic carbocycles. The van der Waals surface area contributed by atoms with Crippen LogP contribution in [0.15, 0.2) is 48.7 Å². The van der Waals surface area contributed by atoms with Gasteiger partial charge >= 0.3 is 0 Å². The normalized spacial score (nSPS) is 10.7. The number of hydrogen-bond donors (Lipinski definition) is 0. The van der Waals surface area contributed by atoms with Gasteiger partial charge in [0, 0.05) is 23.6 Å². The van der Waals surface area contributed by atoms with Gasteiger partial charge in [0.25, 0.3) is 0 Å². The van der Waals surface area contributed by atoms with Crippen molar-refractivity contribution in [3.63, 3.8) is 0 Å². The minimum Gasteiger partial charge on any atom is -0.343 e. The Morgan fingerprint density at radius 2 is 1.80 bits per heavy atom. The molecule has 0 unspecified atom stereocenters. The predicted molar refractivity (Wildman–Crippen MR) is 81.7 cm³/mol. The van der Waals surface area contributed by atoms with Gasteiger partial charge in [-0.1, -0.05) is 18.2 Å². The van der Waals surface area contributed by atoms with Gasteiger partial charge in [-0.05, 0) is 54.8 Å². The minimum absolute atomic E-state index is 0.710. The third-order valence-electron chi connectivity index (χ3n) is 3.87. The second-order valence-corrected chi connectivity index (χ2v) is 5.20. The van der Waals surface area contributed by atoms with Crippen LogP contribution in [0.1, 0.15) is 22.3 Å². The molecule has 0 amide bonds. The van der Waals surface area contributed by atoms with Gasteiger partial charge < -0.3 is 4.57 Å². The number of nitriles is 1. The van der Waals surface area contributed by atoms with Crippen molar-refractivity contribution < 1.29 is 0 Å². The minimum atomic E-state index is 0.710. The summed E-state index contributed by atoms with van der Waals surface area (Å²) in [6.45, 7) is 5.18. The Morgan fingerprint density at radius 3 is 2.50 bits per heavy atom. The molecule has 1 heterocycles. The van der Waals surface area contributed by atoms with Crippen LogP contribution < -0.4 is 0 Å². The molecule has 2 aromatic carbocycles. The van der Waals surface area contributed by atoms with Crippen LogP contribution in [0.25, 0.3) is 10.9 Å². The van der Waals surface area contributed by atoms with E-state index in [9.17, 15) is 0 Å². The number of fused-ring (bicyclic) bond motifs is 1. The van der Waals surface area contributed by atoms with Crippen LogP contribution in [0.3, 0.4) is 0 Å². The molecular formula is C18H16N2. The van der Waals surface area contributed by atoms with Crippen molar-refractivity contribution in [3.8, 4) is 6.07 Å². The lowest BCUT2D eigenvalue weighted by Crippen LogP contribution is -2.02. The van der Waals surface area contributed by atoms with E-state index in [-0.39, 0.29) is 0 Å². The van der Waals surface area contributed by atoms with Crippen molar-refractivity contribution in [2.45, 2.75) is 20.4 Å². The molecule has 0 bridgehead atoms. The Kier molecular flexibility index (Phi) is 3.04. The fourth-order valence-electron chi connectivity index (χ4n) is 2.68. The first-order chi connectivity index (χ1) is 9.69. The van der Waals surface area contributed by atoms with Crippen LogP contribution >= 0.6 is 0 Å². The molecule has 0 fully saturated rings. The molecule has 2 nitrogen and oxygen atoms in total. The lowest BCUT2D eigenvalue weighted by atomic mass is 10.0. The highest BCUT2D eigenvalue weighted by Crippen LogP contribution is 2.21. The standard InChI is InChI=1S/C18H16N2/c1-13-4-3-5-14(2)17(13)12-20-9-8-16-10-15(11-19)6-7-18(16)20/h3-10H,12H2,1-2H3. The van der Waals surface area contributed by atoms with Gasteiger partial charge in [-0.25, -0.2) is 0 Å². The topological polar surface area (TPSA) is 28.7 Å². The number of aryl methyl sites for hydroxylation is 2. The molecule has 20 heavy (non-hydrogen) atoms. The number of nitrogens with zero attached hydrogens (tertiary/aromatic N) is 2. The Labute approximate surface area is 118 Å². The Morgan fingerprint density at radius 1 is 1.05 bits per heavy atom. The molecule has 2 heteroatoms. The molecule has 3 rings (SSSR count). The van der Waals surface area contributed by atoms with E-state index in [0.717, 1.165) is 11.9 Å². The molecule has 0 saturated heterocycles. The molecule has 0 atom stereocenters. The van der Waals surface area contributed by atoms with E-state index in [1.807, 2.05) is 18.2 Å². The van der Waals surface area contributed by atoms with Crippen LogP contribution in [0.4, 0.5) is 0 Å². The monoisotopic (exact) mass is 260 g/mol. The van der Waals surface area contributed by atoms with E-state index in [0.29, 0.717) is 5.56 Å². The number of hydrogen-bond acceptors (Lipinski definition) is 1. The molecular weight excluding hydrogens is 244 g/mol. The van der Waals surface area contributed by atoms with E-state index in [4.69, 9.17) is 5.26 Å². The summed E-state index contributed by atoms with van der Waals surface area (Å²) in [5, 5.41) is 10.1. The van der Waals surface area contributed by atoms with Gasteiger partial charge in [-0.3, -0.25) is 0 Å². The summed E-state index contributed by atoms with van der Waals surface area (Å²) < 4.78 is 2.24. The van der Waals surface area contributed by atoms with E-state index in [2.05, 4.69) is 54.9 Å². The lowest BCUT2D eigenvalue weighted by molar-refractivity contribution is 0.823. The summed E-state index contributed by atoms with van der Waals surface area (Å²) in [6.07, 6.45) is 2.09. The smallest absolute Gasteiger partial charge is 0.0991 e. The highest BCUT2D eigenvalue weighted by atomic mass is 14.9. The third-order valence-corrected chi connectivity index (χ3v) is 3.87. The number of aromatic nitrogens is 1. The van der Waals surface area contributed by atoms with Crippen LogP contribution in [0, 0.1) is 25.2 Å². The third kappa shape index (κ3) is 2.08. The SMILES string of the molecule is Cc1cccc(C)c1Cn1ccc2cc(C#N)ccc21. The van der Waals surface area contributed by atoms with Gasteiger partial charge in [0.1, 0.15) is 0 Å². The van der Waals surface area contributed by atoms with Gasteiger partial charge in [0.15, 0.2) is 0 Å². The van der Waals surface area contributed by atoms with Crippen molar-refractivity contribution in [3.05, 3.63) is 70.9 Å². The zero-order chi connectivity index (χ0) is 14.1.